The zero-order chi connectivity index (χ0) is 78.3. The molecule has 0 bridgehead atoms. The van der Waals surface area contributed by atoms with E-state index in [0.29, 0.717) is 58.5 Å². The van der Waals surface area contributed by atoms with Crippen LogP contribution in [0.15, 0.2) is 159 Å². The fourth-order valence-electron chi connectivity index (χ4n) is 10.5. The van der Waals surface area contributed by atoms with Crippen LogP contribution >= 0.6 is 0 Å². The smallest absolute Gasteiger partial charge is 0.421 e. The van der Waals surface area contributed by atoms with Crippen molar-refractivity contribution in [2.45, 2.75) is 138 Å². The summed E-state index contributed by atoms with van der Waals surface area (Å²) in [7, 11) is 1.90. The molecule has 0 aliphatic heterocycles. The van der Waals surface area contributed by atoms with Crippen LogP contribution in [-0.4, -0.2) is 104 Å². The maximum Gasteiger partial charge on any atom is 2.00 e. The molecule has 16 rings (SSSR count). The fraction of sp³-hybridized carbons (Fsp3) is 0.289. The van der Waals surface area contributed by atoms with Crippen molar-refractivity contribution in [3.05, 3.63) is 211 Å². The molecular weight excluding hydrogens is 1990 g/mol. The molecule has 12 aromatic heterocycles. The maximum absolute atomic E-state index is 12.6. The number of para-hydroxylation sites is 1. The van der Waals surface area contributed by atoms with Gasteiger partial charge in [-0.05, 0) is 138 Å². The molecule has 4 aromatic carbocycles. The zero-order valence-electron chi connectivity index (χ0n) is 63.4. The quantitative estimate of drug-likeness (QED) is 0.128. The van der Waals surface area contributed by atoms with Gasteiger partial charge in [0.1, 0.15) is 29.1 Å². The molecule has 0 atom stereocenters. The Labute approximate surface area is 683 Å². The Hall–Kier alpha value is -10.8. The number of halogens is 6. The van der Waals surface area contributed by atoms with E-state index in [1.165, 1.54) is 5.56 Å². The van der Waals surface area contributed by atoms with Crippen molar-refractivity contribution in [2.75, 3.05) is 0 Å². The fourth-order valence-corrected chi connectivity index (χ4v) is 10.5. The molecule has 0 saturated heterocycles. The number of benzene rings is 4. The van der Waals surface area contributed by atoms with E-state index in [0.717, 1.165) is 66.5 Å². The molecular formula is C76H75F6N27Pt3. The molecule has 27 nitrogen and oxygen atoms in total. The molecule has 0 N–H and O–H groups in total. The van der Waals surface area contributed by atoms with Crippen LogP contribution in [0.5, 0.6) is 0 Å². The van der Waals surface area contributed by atoms with E-state index in [1.54, 1.807) is 50.0 Å². The maximum atomic E-state index is 12.6. The summed E-state index contributed by atoms with van der Waals surface area (Å²) in [6.45, 7) is 30.6. The molecule has 586 valence electrons. The van der Waals surface area contributed by atoms with E-state index in [1.807, 2.05) is 139 Å². The number of alkyl halides is 6. The van der Waals surface area contributed by atoms with Crippen molar-refractivity contribution in [3.63, 3.8) is 0 Å². The first kappa shape index (κ1) is 86.8. The van der Waals surface area contributed by atoms with Gasteiger partial charge in [0.05, 0.1) is 17.1 Å². The Morgan fingerprint density at radius 3 is 1.02 bits per heavy atom. The number of fused-ring (bicyclic) bond motifs is 3. The SMILES string of the molecule is CC(C)(C)c1ccc2cnc(-c3nc(C(F)(F)F)n[n-]3)cc2c1.CC(C)(C)c1ccc2cnc(-c3nc(C(F)(F)F)n[n-]3)cc2c1.Cc1n[n-]c(-c2cc3cc(C(C)(C)C)ccc3cn2)n1.Cc1n[n-]c(-c2nccn2-c2ccccc2)n1.Cc1n[n-]c(-c2nccn2C(C)C)n1.Cc1n[n-]c(-c2nccn2C)n1.[Pt+2].[Pt+2].[Pt+2]. The first-order valence-electron chi connectivity index (χ1n) is 34.1. The van der Waals surface area contributed by atoms with E-state index in [9.17, 15) is 26.3 Å². The molecule has 0 aliphatic rings. The Bertz CT molecular complexity index is 5580. The summed E-state index contributed by atoms with van der Waals surface area (Å²) in [4.78, 5) is 48.9. The Kier molecular flexibility index (Phi) is 28.0. The van der Waals surface area contributed by atoms with Gasteiger partial charge >= 0.3 is 75.5 Å². The molecule has 112 heavy (non-hydrogen) atoms. The monoisotopic (exact) mass is 2060 g/mol. The minimum absolute atomic E-state index is 0. The van der Waals surface area contributed by atoms with Gasteiger partial charge in [0, 0.05) is 131 Å². The van der Waals surface area contributed by atoms with Crippen LogP contribution in [-0.2, 0) is 98.8 Å². The first-order valence-corrected chi connectivity index (χ1v) is 34.1. The van der Waals surface area contributed by atoms with E-state index >= 15 is 0 Å². The van der Waals surface area contributed by atoms with Gasteiger partial charge in [-0.1, -0.05) is 135 Å². The number of imidazole rings is 3. The number of rotatable bonds is 8. The molecule has 0 saturated carbocycles. The predicted molar refractivity (Wildman–Crippen MR) is 396 cm³/mol. The molecule has 0 amide bonds. The molecule has 0 spiro atoms. The second kappa shape index (κ2) is 36.1. The number of hydrogen-bond acceptors (Lipinski definition) is 18. The van der Waals surface area contributed by atoms with Gasteiger partial charge in [-0.2, -0.15) is 26.3 Å². The molecule has 16 aromatic rings. The summed E-state index contributed by atoms with van der Waals surface area (Å²) in [6, 6.07) is 34.1. The number of aromatic nitrogens is 27. The van der Waals surface area contributed by atoms with E-state index in [2.05, 4.69) is 215 Å². The van der Waals surface area contributed by atoms with Crippen molar-refractivity contribution in [1.29, 1.82) is 0 Å². The van der Waals surface area contributed by atoms with Gasteiger partial charge in [-0.25, -0.2) is 15.0 Å². The summed E-state index contributed by atoms with van der Waals surface area (Å²) in [5, 5.41) is 50.3. The number of pyridine rings is 3. The van der Waals surface area contributed by atoms with Gasteiger partial charge in [-0.3, -0.25) is 45.5 Å². The molecule has 0 radical (unpaired) electrons. The summed E-state index contributed by atoms with van der Waals surface area (Å²) in [6.07, 6.45) is 6.69. The molecule has 0 unspecified atom stereocenters. The zero-order valence-corrected chi connectivity index (χ0v) is 70.2. The normalized spacial score (nSPS) is 11.5. The topological polar surface area (TPSA) is 331 Å². The molecule has 12 heterocycles. The molecule has 0 aliphatic carbocycles. The van der Waals surface area contributed by atoms with E-state index < -0.39 is 24.0 Å². The summed E-state index contributed by atoms with van der Waals surface area (Å²) in [5.74, 6) is 4.48. The van der Waals surface area contributed by atoms with Crippen molar-refractivity contribution in [2.24, 2.45) is 7.05 Å². The van der Waals surface area contributed by atoms with Crippen LogP contribution in [0.3, 0.4) is 0 Å². The average Bonchev–Trinajstić information content (AvgIpc) is 1.85. The second-order valence-electron chi connectivity index (χ2n) is 28.4. The van der Waals surface area contributed by atoms with Gasteiger partial charge in [0.25, 0.3) is 0 Å². The molecule has 0 fully saturated rings. The van der Waals surface area contributed by atoms with Crippen molar-refractivity contribution < 1.29 is 89.5 Å². The van der Waals surface area contributed by atoms with Gasteiger partial charge in [0.2, 0.25) is 0 Å². The van der Waals surface area contributed by atoms with E-state index in [-0.39, 0.29) is 102 Å². The Balaban J connectivity index is 0.000000170. The first-order chi connectivity index (χ1) is 51.5. The number of hydrogen-bond donors (Lipinski definition) is 0. The van der Waals surface area contributed by atoms with Crippen LogP contribution in [0.2, 0.25) is 0 Å². The predicted octanol–water partition coefficient (Wildman–Crippen LogP) is 14.1. The van der Waals surface area contributed by atoms with Gasteiger partial charge in [0.15, 0.2) is 0 Å². The van der Waals surface area contributed by atoms with E-state index in [4.69, 9.17) is 0 Å². The summed E-state index contributed by atoms with van der Waals surface area (Å²) in [5.41, 5.74) is 5.97. The van der Waals surface area contributed by atoms with Crippen LogP contribution in [0.4, 0.5) is 26.3 Å². The Morgan fingerprint density at radius 1 is 0.348 bits per heavy atom. The minimum Gasteiger partial charge on any atom is -0.421 e. The van der Waals surface area contributed by atoms with Gasteiger partial charge in [-0.15, -0.1) is 0 Å². The standard InChI is InChI=1S/2C16H14F3N4.C16H17N4.C12H10N5.C9H12N5.C7H8N5.3Pt/c2*1-15(2,3)11-5-4-9-8-20-12(7-10(9)6-11)13-21-14(23-22-13)16(17,18)19;1-10-18-15(20-19-10)14-8-12-7-13(16(2,3)4)6-5-11(12)9-17-14;1-9-14-11(16-15-9)12-13-7-8-17(12)10-5-3-2-4-6-10;1-6(2)14-5-4-10-9(14)8-11-7(3)12-13-8;1-5-9-6(11-10-5)7-8-3-4-12(7)2;;;/h2*4-8H,1-3H3;5-9H,1-4H3;2-8H,1H3;4-6H,1-3H3;3-4H,1-2H3;;;/q6*-1;3*+2. The number of aryl methyl sites for hydroxylation is 5. The van der Waals surface area contributed by atoms with Crippen LogP contribution in [0, 0.1) is 27.7 Å². The second-order valence-corrected chi connectivity index (χ2v) is 28.4. The summed E-state index contributed by atoms with van der Waals surface area (Å²) >= 11 is 0. The van der Waals surface area contributed by atoms with Gasteiger partial charge < -0.3 is 74.2 Å². The third-order valence-corrected chi connectivity index (χ3v) is 16.4. The Morgan fingerprint density at radius 2 is 0.679 bits per heavy atom. The molecule has 36 heteroatoms. The van der Waals surface area contributed by atoms with Crippen molar-refractivity contribution >= 4 is 32.3 Å². The third kappa shape index (κ3) is 21.9. The summed E-state index contributed by atoms with van der Waals surface area (Å²) < 4.78 is 81.2. The van der Waals surface area contributed by atoms with Crippen LogP contribution in [0.25, 0.3) is 108 Å². The number of nitrogens with zero attached hydrogens (tertiary/aromatic N) is 27. The van der Waals surface area contributed by atoms with Crippen LogP contribution in [0.1, 0.15) is 134 Å². The van der Waals surface area contributed by atoms with Crippen molar-refractivity contribution in [3.8, 4) is 75.2 Å². The van der Waals surface area contributed by atoms with Crippen LogP contribution < -0.4 is 30.6 Å². The van der Waals surface area contributed by atoms with Crippen molar-refractivity contribution in [1.82, 2.24) is 135 Å². The minimum atomic E-state index is -4.61. The third-order valence-electron chi connectivity index (χ3n) is 16.4. The average molecular weight is 2070 g/mol. The largest absolute Gasteiger partial charge is 2.00 e.